The maximum absolute atomic E-state index is 12.1. The van der Waals surface area contributed by atoms with Gasteiger partial charge in [-0.25, -0.2) is 0 Å². The summed E-state index contributed by atoms with van der Waals surface area (Å²) in [5, 5.41) is 2.76. The smallest absolute Gasteiger partial charge is 0.411 e. The van der Waals surface area contributed by atoms with Crippen molar-refractivity contribution < 1.29 is 27.4 Å². The lowest BCUT2D eigenvalue weighted by Gasteiger charge is -2.25. The van der Waals surface area contributed by atoms with Gasteiger partial charge in [-0.3, -0.25) is 4.79 Å². The summed E-state index contributed by atoms with van der Waals surface area (Å²) in [4.78, 5) is 13.2. The molecule has 0 aromatic heterocycles. The highest BCUT2D eigenvalue weighted by molar-refractivity contribution is 5.77. The number of rotatable bonds is 8. The van der Waals surface area contributed by atoms with Crippen molar-refractivity contribution in [3.63, 3.8) is 0 Å². The number of ether oxygens (including phenoxy) is 2. The second-order valence-corrected chi connectivity index (χ2v) is 7.69. The van der Waals surface area contributed by atoms with Crippen molar-refractivity contribution in [2.45, 2.75) is 39.4 Å². The van der Waals surface area contributed by atoms with E-state index in [0.29, 0.717) is 12.2 Å². The monoisotopic (exact) mass is 436 g/mol. The second-order valence-electron chi connectivity index (χ2n) is 7.69. The topological polar surface area (TPSA) is 50.8 Å². The highest BCUT2D eigenvalue weighted by Crippen LogP contribution is 2.31. The van der Waals surface area contributed by atoms with E-state index in [1.54, 1.807) is 0 Å². The van der Waals surface area contributed by atoms with Crippen LogP contribution in [0, 0.1) is 13.8 Å². The molecule has 0 fully saturated rings. The first-order valence-corrected chi connectivity index (χ1v) is 10.2. The Morgan fingerprint density at radius 3 is 2.52 bits per heavy atom. The highest BCUT2D eigenvalue weighted by atomic mass is 19.4. The van der Waals surface area contributed by atoms with Crippen molar-refractivity contribution in [2.75, 3.05) is 36.6 Å². The fourth-order valence-electron chi connectivity index (χ4n) is 3.86. The summed E-state index contributed by atoms with van der Waals surface area (Å²) in [5.41, 5.74) is 6.37. The number of hydrogen-bond donors (Lipinski definition) is 1. The molecule has 5 nitrogen and oxygen atoms in total. The van der Waals surface area contributed by atoms with Gasteiger partial charge in [0.05, 0.1) is 6.61 Å². The van der Waals surface area contributed by atoms with Crippen LogP contribution >= 0.6 is 0 Å². The number of alkyl halides is 3. The molecule has 1 aliphatic heterocycles. The molecule has 2 aromatic carbocycles. The molecule has 1 heterocycles. The van der Waals surface area contributed by atoms with Gasteiger partial charge in [-0.05, 0) is 73.2 Å². The molecule has 1 amide bonds. The van der Waals surface area contributed by atoms with Gasteiger partial charge in [0.15, 0.2) is 0 Å². The van der Waals surface area contributed by atoms with E-state index in [1.165, 1.54) is 11.1 Å². The molecule has 0 bridgehead atoms. The number of hydrogen-bond acceptors (Lipinski definition) is 4. The van der Waals surface area contributed by atoms with Crippen molar-refractivity contribution in [3.8, 4) is 5.75 Å². The van der Waals surface area contributed by atoms with E-state index in [-0.39, 0.29) is 13.2 Å². The van der Waals surface area contributed by atoms with Crippen LogP contribution in [-0.2, 0) is 22.5 Å². The van der Waals surface area contributed by atoms with E-state index in [9.17, 15) is 18.0 Å². The van der Waals surface area contributed by atoms with E-state index >= 15 is 0 Å². The number of anilines is 2. The Morgan fingerprint density at radius 2 is 1.84 bits per heavy atom. The number of nitrogens with zero attached hydrogens (tertiary/aromatic N) is 1. The summed E-state index contributed by atoms with van der Waals surface area (Å²) in [7, 11) is 0. The Hall–Kier alpha value is -2.74. The van der Waals surface area contributed by atoms with E-state index in [0.717, 1.165) is 48.4 Å². The van der Waals surface area contributed by atoms with E-state index in [2.05, 4.69) is 27.1 Å². The molecule has 0 aliphatic carbocycles. The Labute approximate surface area is 180 Å². The van der Waals surface area contributed by atoms with Gasteiger partial charge in [0, 0.05) is 24.5 Å². The zero-order valence-corrected chi connectivity index (χ0v) is 17.7. The van der Waals surface area contributed by atoms with Crippen molar-refractivity contribution in [2.24, 2.45) is 0 Å². The number of benzene rings is 2. The maximum atomic E-state index is 12.1. The van der Waals surface area contributed by atoms with Crippen LogP contribution in [0.5, 0.6) is 5.75 Å². The van der Waals surface area contributed by atoms with Gasteiger partial charge in [0.1, 0.15) is 19.0 Å². The molecule has 8 heteroatoms. The number of nitrogens with one attached hydrogen (secondary N) is 1. The summed E-state index contributed by atoms with van der Waals surface area (Å²) in [6.07, 6.45) is -1.76. The van der Waals surface area contributed by atoms with Gasteiger partial charge < -0.3 is 19.7 Å². The van der Waals surface area contributed by atoms with Gasteiger partial charge in [0.2, 0.25) is 6.41 Å². The third-order valence-electron chi connectivity index (χ3n) is 5.26. The molecule has 0 spiro atoms. The standard InChI is InChI=1S/C23H27F3N2O3/c1-16-10-20(11-17(2)22(16)27-15-29)28-7-3-4-18-12-21(6-5-19(18)13-28)31-9-8-30-14-23(24,25)26/h5-6,10-12,15H,3-4,7-9,13-14H2,1-2H3,(H,27,29). The number of halogens is 3. The number of aryl methyl sites for hydroxylation is 3. The second kappa shape index (κ2) is 10.0. The van der Waals surface area contributed by atoms with Gasteiger partial charge >= 0.3 is 6.18 Å². The van der Waals surface area contributed by atoms with Crippen LogP contribution in [0.4, 0.5) is 24.5 Å². The number of carbonyl (C=O) groups is 1. The lowest BCUT2D eigenvalue weighted by molar-refractivity contribution is -0.175. The van der Waals surface area contributed by atoms with Crippen molar-refractivity contribution in [1.29, 1.82) is 0 Å². The van der Waals surface area contributed by atoms with Crippen LogP contribution in [0.3, 0.4) is 0 Å². The van der Waals surface area contributed by atoms with Crippen LogP contribution < -0.4 is 15.0 Å². The molecule has 1 aliphatic rings. The van der Waals surface area contributed by atoms with Gasteiger partial charge in [-0.1, -0.05) is 6.07 Å². The van der Waals surface area contributed by atoms with Crippen LogP contribution in [0.1, 0.15) is 28.7 Å². The summed E-state index contributed by atoms with van der Waals surface area (Å²) >= 11 is 0. The molecule has 2 aromatic rings. The van der Waals surface area contributed by atoms with Gasteiger partial charge in [-0.2, -0.15) is 13.2 Å². The Bertz CT molecular complexity index is 892. The van der Waals surface area contributed by atoms with Crippen LogP contribution in [0.15, 0.2) is 30.3 Å². The summed E-state index contributed by atoms with van der Waals surface area (Å²) < 4.78 is 46.4. The molecule has 3 rings (SSSR count). The highest BCUT2D eigenvalue weighted by Gasteiger charge is 2.27. The lowest BCUT2D eigenvalue weighted by Crippen LogP contribution is -2.22. The average Bonchev–Trinajstić information content (AvgIpc) is 2.91. The quantitative estimate of drug-likeness (QED) is 0.478. The van der Waals surface area contributed by atoms with Crippen LogP contribution in [0.2, 0.25) is 0 Å². The maximum Gasteiger partial charge on any atom is 0.411 e. The lowest BCUT2D eigenvalue weighted by atomic mass is 10.0. The van der Waals surface area contributed by atoms with Crippen LogP contribution in [-0.4, -0.2) is 39.0 Å². The van der Waals surface area contributed by atoms with Crippen molar-refractivity contribution in [3.05, 3.63) is 52.6 Å². The van der Waals surface area contributed by atoms with E-state index in [4.69, 9.17) is 4.74 Å². The zero-order chi connectivity index (χ0) is 22.4. The first kappa shape index (κ1) is 22.9. The number of carbonyl (C=O) groups excluding carboxylic acids is 1. The molecule has 0 unspecified atom stereocenters. The first-order chi connectivity index (χ1) is 14.8. The molecule has 0 atom stereocenters. The Balaban J connectivity index is 1.64. The van der Waals surface area contributed by atoms with E-state index < -0.39 is 12.8 Å². The molecule has 168 valence electrons. The fourth-order valence-corrected chi connectivity index (χ4v) is 3.86. The first-order valence-electron chi connectivity index (χ1n) is 10.2. The molecule has 0 radical (unpaired) electrons. The minimum absolute atomic E-state index is 0.0702. The SMILES string of the molecule is Cc1cc(N2CCCc3cc(OCCOCC(F)(F)F)ccc3C2)cc(C)c1NC=O. The average molecular weight is 436 g/mol. The molecular formula is C23H27F3N2O3. The van der Waals surface area contributed by atoms with Gasteiger partial charge in [0.25, 0.3) is 0 Å². The fraction of sp³-hybridized carbons (Fsp3) is 0.435. The van der Waals surface area contributed by atoms with E-state index in [1.807, 2.05) is 32.0 Å². The Morgan fingerprint density at radius 1 is 1.10 bits per heavy atom. The largest absolute Gasteiger partial charge is 0.491 e. The normalized spacial score (nSPS) is 14.0. The summed E-state index contributed by atoms with van der Waals surface area (Å²) in [6, 6.07) is 10.0. The van der Waals surface area contributed by atoms with Crippen molar-refractivity contribution in [1.82, 2.24) is 0 Å². The predicted octanol–water partition coefficient (Wildman–Crippen LogP) is 4.78. The zero-order valence-electron chi connectivity index (χ0n) is 17.7. The summed E-state index contributed by atoms with van der Waals surface area (Å²) in [6.45, 7) is 4.31. The predicted molar refractivity (Wildman–Crippen MR) is 114 cm³/mol. The third kappa shape index (κ3) is 6.37. The number of fused-ring (bicyclic) bond motifs is 1. The molecule has 31 heavy (non-hydrogen) atoms. The molecule has 1 N–H and O–H groups in total. The Kier molecular flexibility index (Phi) is 7.43. The number of amides is 1. The molecular weight excluding hydrogens is 409 g/mol. The summed E-state index contributed by atoms with van der Waals surface area (Å²) in [5.74, 6) is 0.638. The molecule has 0 saturated carbocycles. The van der Waals surface area contributed by atoms with Crippen molar-refractivity contribution >= 4 is 17.8 Å². The third-order valence-corrected chi connectivity index (χ3v) is 5.26. The van der Waals surface area contributed by atoms with Crippen LogP contribution in [0.25, 0.3) is 0 Å². The van der Waals surface area contributed by atoms with Gasteiger partial charge in [-0.15, -0.1) is 0 Å². The minimum Gasteiger partial charge on any atom is -0.491 e. The molecule has 0 saturated heterocycles. The minimum atomic E-state index is -4.32.